The maximum absolute atomic E-state index is 10.7. The molecule has 2 atom stereocenters. The van der Waals surface area contributed by atoms with Crippen molar-refractivity contribution in [1.29, 1.82) is 0 Å². The van der Waals surface area contributed by atoms with Gasteiger partial charge in [-0.05, 0) is 20.8 Å². The predicted molar refractivity (Wildman–Crippen MR) is 75.9 cm³/mol. The summed E-state index contributed by atoms with van der Waals surface area (Å²) < 4.78 is 12.8. The first-order valence-electron chi connectivity index (χ1n) is 7.21. The summed E-state index contributed by atoms with van der Waals surface area (Å²) in [4.78, 5) is 2.32. The zero-order valence-corrected chi connectivity index (χ0v) is 12.7. The van der Waals surface area contributed by atoms with Crippen LogP contribution in [-0.4, -0.2) is 58.7 Å². The van der Waals surface area contributed by atoms with E-state index in [1.165, 1.54) is 0 Å². The van der Waals surface area contributed by atoms with Gasteiger partial charge < -0.3 is 14.6 Å². The third-order valence-corrected chi connectivity index (χ3v) is 3.85. The number of rotatable bonds is 5. The minimum absolute atomic E-state index is 0.248. The summed E-state index contributed by atoms with van der Waals surface area (Å²) in [6, 6.07) is 0.451. The lowest BCUT2D eigenvalue weighted by atomic mass is 10.1. The van der Waals surface area contributed by atoms with Gasteiger partial charge in [0.05, 0.1) is 19.9 Å². The molecule has 1 aliphatic rings. The van der Waals surface area contributed by atoms with Gasteiger partial charge in [-0.3, -0.25) is 9.58 Å². The van der Waals surface area contributed by atoms with E-state index < -0.39 is 6.10 Å². The lowest BCUT2D eigenvalue weighted by molar-refractivity contribution is -0.0987. The molecule has 0 bridgehead atoms. The molecule has 2 rings (SSSR count). The Morgan fingerprint density at radius 3 is 2.90 bits per heavy atom. The Labute approximate surface area is 120 Å². The van der Waals surface area contributed by atoms with Gasteiger partial charge >= 0.3 is 0 Å². The number of methoxy groups -OCH3 is 1. The van der Waals surface area contributed by atoms with Gasteiger partial charge in [0.1, 0.15) is 17.9 Å². The summed E-state index contributed by atoms with van der Waals surface area (Å²) >= 11 is 0. The van der Waals surface area contributed by atoms with Crippen LogP contribution in [0.15, 0.2) is 6.20 Å². The summed E-state index contributed by atoms with van der Waals surface area (Å²) in [6.07, 6.45) is 0.668. The number of aryl methyl sites for hydroxylation is 1. The quantitative estimate of drug-likeness (QED) is 0.875. The molecular weight excluding hydrogens is 258 g/mol. The Morgan fingerprint density at radius 1 is 1.55 bits per heavy atom. The molecule has 1 fully saturated rings. The average Bonchev–Trinajstić information content (AvgIpc) is 2.89. The summed E-state index contributed by atoms with van der Waals surface area (Å²) in [5.41, 5.74) is 0.700. The van der Waals surface area contributed by atoms with Crippen molar-refractivity contribution in [2.24, 2.45) is 0 Å². The molecule has 1 N–H and O–H groups in total. The maximum Gasteiger partial charge on any atom is 0.162 e. The minimum Gasteiger partial charge on any atom is -0.493 e. The van der Waals surface area contributed by atoms with Gasteiger partial charge in [-0.1, -0.05) is 0 Å². The van der Waals surface area contributed by atoms with Crippen LogP contribution < -0.4 is 4.74 Å². The number of ether oxygens (including phenoxy) is 2. The highest BCUT2D eigenvalue weighted by atomic mass is 16.5. The number of aromatic nitrogens is 2. The number of morpholine rings is 1. The van der Waals surface area contributed by atoms with Crippen LogP contribution in [0.3, 0.4) is 0 Å². The van der Waals surface area contributed by atoms with E-state index in [0.717, 1.165) is 13.1 Å². The second-order valence-electron chi connectivity index (χ2n) is 5.36. The van der Waals surface area contributed by atoms with Crippen LogP contribution in [0.25, 0.3) is 0 Å². The Balaban J connectivity index is 2.18. The SMILES string of the molecule is CCn1ncc(OC)c1C(O)C1CN(C(C)C)CCO1. The molecule has 0 radical (unpaired) electrons. The highest BCUT2D eigenvalue weighted by molar-refractivity contribution is 5.28. The zero-order valence-electron chi connectivity index (χ0n) is 12.7. The van der Waals surface area contributed by atoms with E-state index in [2.05, 4.69) is 23.8 Å². The fourth-order valence-electron chi connectivity index (χ4n) is 2.62. The lowest BCUT2D eigenvalue weighted by Crippen LogP contribution is -2.48. The molecule has 114 valence electrons. The third kappa shape index (κ3) is 2.97. The van der Waals surface area contributed by atoms with Crippen molar-refractivity contribution in [1.82, 2.24) is 14.7 Å². The Bertz CT molecular complexity index is 412. The monoisotopic (exact) mass is 283 g/mol. The van der Waals surface area contributed by atoms with E-state index in [-0.39, 0.29) is 6.10 Å². The van der Waals surface area contributed by atoms with Gasteiger partial charge in [-0.2, -0.15) is 5.10 Å². The van der Waals surface area contributed by atoms with Crippen LogP contribution in [0, 0.1) is 0 Å². The first-order valence-corrected chi connectivity index (χ1v) is 7.21. The number of hydrogen-bond acceptors (Lipinski definition) is 5. The van der Waals surface area contributed by atoms with Gasteiger partial charge in [-0.15, -0.1) is 0 Å². The van der Waals surface area contributed by atoms with E-state index in [0.29, 0.717) is 30.6 Å². The first kappa shape index (κ1) is 15.3. The van der Waals surface area contributed by atoms with Crippen molar-refractivity contribution in [3.8, 4) is 5.75 Å². The molecule has 2 heterocycles. The molecule has 0 amide bonds. The summed E-state index contributed by atoms with van der Waals surface area (Å²) in [6.45, 7) is 9.27. The minimum atomic E-state index is -0.728. The number of aliphatic hydroxyl groups is 1. The molecule has 20 heavy (non-hydrogen) atoms. The van der Waals surface area contributed by atoms with Crippen molar-refractivity contribution < 1.29 is 14.6 Å². The number of nitrogens with zero attached hydrogens (tertiary/aromatic N) is 3. The van der Waals surface area contributed by atoms with Crippen LogP contribution in [0.4, 0.5) is 0 Å². The van der Waals surface area contributed by atoms with Crippen LogP contribution in [0.1, 0.15) is 32.6 Å². The maximum atomic E-state index is 10.7. The topological polar surface area (TPSA) is 59.8 Å². The van der Waals surface area contributed by atoms with E-state index in [1.54, 1.807) is 18.0 Å². The molecule has 6 nitrogen and oxygen atoms in total. The van der Waals surface area contributed by atoms with Crippen molar-refractivity contribution in [2.75, 3.05) is 26.8 Å². The molecule has 1 aliphatic heterocycles. The molecule has 2 unspecified atom stereocenters. The van der Waals surface area contributed by atoms with Gasteiger partial charge in [-0.25, -0.2) is 0 Å². The molecule has 0 spiro atoms. The normalized spacial score (nSPS) is 22.2. The summed E-state index contributed by atoms with van der Waals surface area (Å²) in [7, 11) is 1.59. The van der Waals surface area contributed by atoms with Crippen LogP contribution in [-0.2, 0) is 11.3 Å². The summed E-state index contributed by atoms with van der Waals surface area (Å²) in [5.74, 6) is 0.615. The van der Waals surface area contributed by atoms with Crippen molar-refractivity contribution in [2.45, 2.75) is 45.6 Å². The highest BCUT2D eigenvalue weighted by Crippen LogP contribution is 2.30. The smallest absolute Gasteiger partial charge is 0.162 e. The van der Waals surface area contributed by atoms with E-state index in [9.17, 15) is 5.11 Å². The van der Waals surface area contributed by atoms with Crippen molar-refractivity contribution in [3.05, 3.63) is 11.9 Å². The average molecular weight is 283 g/mol. The number of hydrogen-bond donors (Lipinski definition) is 1. The van der Waals surface area contributed by atoms with Gasteiger partial charge in [0, 0.05) is 25.7 Å². The van der Waals surface area contributed by atoms with Crippen molar-refractivity contribution in [3.63, 3.8) is 0 Å². The molecular formula is C14H25N3O3. The molecule has 0 aliphatic carbocycles. The van der Waals surface area contributed by atoms with Gasteiger partial charge in [0.15, 0.2) is 5.75 Å². The molecule has 1 aromatic rings. The number of aliphatic hydroxyl groups excluding tert-OH is 1. The van der Waals surface area contributed by atoms with E-state index >= 15 is 0 Å². The second kappa shape index (κ2) is 6.56. The molecule has 6 heteroatoms. The molecule has 0 aromatic carbocycles. The summed E-state index contributed by atoms with van der Waals surface area (Å²) in [5, 5.41) is 14.9. The van der Waals surface area contributed by atoms with Gasteiger partial charge in [0.25, 0.3) is 0 Å². The molecule has 1 saturated heterocycles. The van der Waals surface area contributed by atoms with E-state index in [4.69, 9.17) is 9.47 Å². The third-order valence-electron chi connectivity index (χ3n) is 3.85. The largest absolute Gasteiger partial charge is 0.493 e. The predicted octanol–water partition coefficient (Wildman–Crippen LogP) is 1.05. The van der Waals surface area contributed by atoms with Crippen molar-refractivity contribution >= 4 is 0 Å². The highest BCUT2D eigenvalue weighted by Gasteiger charge is 2.32. The van der Waals surface area contributed by atoms with Crippen LogP contribution in [0.2, 0.25) is 0 Å². The fraction of sp³-hybridized carbons (Fsp3) is 0.786. The van der Waals surface area contributed by atoms with Gasteiger partial charge in [0.2, 0.25) is 0 Å². The Kier molecular flexibility index (Phi) is 5.01. The second-order valence-corrected chi connectivity index (χ2v) is 5.36. The lowest BCUT2D eigenvalue weighted by Gasteiger charge is -2.37. The Hall–Kier alpha value is -1.11. The Morgan fingerprint density at radius 2 is 2.30 bits per heavy atom. The molecule has 0 saturated carbocycles. The standard InChI is InChI=1S/C14H25N3O3/c1-5-17-13(11(19-4)8-15-17)14(18)12-9-16(10(2)3)6-7-20-12/h8,10,12,14,18H,5-7,9H2,1-4H3. The van der Waals surface area contributed by atoms with Crippen LogP contribution >= 0.6 is 0 Å². The van der Waals surface area contributed by atoms with Crippen LogP contribution in [0.5, 0.6) is 5.75 Å². The van der Waals surface area contributed by atoms with E-state index in [1.807, 2.05) is 6.92 Å². The fourth-order valence-corrected chi connectivity index (χ4v) is 2.62. The first-order chi connectivity index (χ1) is 9.58. The zero-order chi connectivity index (χ0) is 14.7. The molecule has 1 aromatic heterocycles.